The van der Waals surface area contributed by atoms with Crippen LogP contribution in [-0.2, 0) is 11.3 Å². The van der Waals surface area contributed by atoms with Gasteiger partial charge in [-0.15, -0.1) is 0 Å². The van der Waals surface area contributed by atoms with Crippen LogP contribution in [0.1, 0.15) is 54.9 Å². The van der Waals surface area contributed by atoms with E-state index in [-0.39, 0.29) is 24.5 Å². The first kappa shape index (κ1) is 20.8. The van der Waals surface area contributed by atoms with Crippen molar-refractivity contribution in [1.29, 1.82) is 0 Å². The monoisotopic (exact) mass is 395 g/mol. The van der Waals surface area contributed by atoms with Crippen molar-refractivity contribution in [2.45, 2.75) is 45.6 Å². The van der Waals surface area contributed by atoms with E-state index in [0.717, 1.165) is 30.2 Å². The number of Topliss-reactive ketones (excluding diaryl/α,β-unsaturated/α-hetero) is 1. The van der Waals surface area contributed by atoms with Crippen molar-refractivity contribution in [1.82, 2.24) is 10.3 Å². The lowest BCUT2D eigenvalue weighted by Gasteiger charge is -2.27. The van der Waals surface area contributed by atoms with Crippen molar-refractivity contribution in [3.63, 3.8) is 0 Å². The van der Waals surface area contributed by atoms with Gasteiger partial charge < -0.3 is 15.0 Å². The molecule has 2 aromatic rings. The molecule has 6 nitrogen and oxygen atoms in total. The zero-order valence-electron chi connectivity index (χ0n) is 17.0. The van der Waals surface area contributed by atoms with Crippen LogP contribution >= 0.6 is 0 Å². The predicted octanol–water partition coefficient (Wildman–Crippen LogP) is 3.75. The van der Waals surface area contributed by atoms with Crippen LogP contribution in [0.5, 0.6) is 5.75 Å². The van der Waals surface area contributed by atoms with Crippen LogP contribution in [0.2, 0.25) is 0 Å². The van der Waals surface area contributed by atoms with Crippen LogP contribution in [0.25, 0.3) is 0 Å². The van der Waals surface area contributed by atoms with Crippen molar-refractivity contribution in [3.05, 3.63) is 53.7 Å². The first-order chi connectivity index (χ1) is 14.2. The van der Waals surface area contributed by atoms with E-state index in [9.17, 15) is 9.59 Å². The molecule has 0 atom stereocenters. The molecule has 0 aliphatic carbocycles. The second kappa shape index (κ2) is 10.6. The van der Waals surface area contributed by atoms with E-state index in [0.29, 0.717) is 18.7 Å². The number of amides is 1. The molecule has 0 saturated carbocycles. The molecule has 0 bridgehead atoms. The Morgan fingerprint density at radius 2 is 1.83 bits per heavy atom. The largest absolute Gasteiger partial charge is 0.494 e. The van der Waals surface area contributed by atoms with E-state index in [2.05, 4.69) is 15.2 Å². The Balaban J connectivity index is 1.44. The van der Waals surface area contributed by atoms with Gasteiger partial charge in [0, 0.05) is 44.2 Å². The van der Waals surface area contributed by atoms with Gasteiger partial charge in [-0.05, 0) is 68.1 Å². The second-order valence-electron chi connectivity index (χ2n) is 7.23. The Hall–Kier alpha value is -2.89. The molecule has 0 spiro atoms. The summed E-state index contributed by atoms with van der Waals surface area (Å²) in [6, 6.07) is 11.0. The molecule has 1 aliphatic rings. The normalized spacial score (nSPS) is 13.8. The minimum absolute atomic E-state index is 0.0421. The minimum atomic E-state index is -0.124. The molecule has 1 saturated heterocycles. The predicted molar refractivity (Wildman–Crippen MR) is 113 cm³/mol. The molecule has 3 rings (SSSR count). The van der Waals surface area contributed by atoms with Crippen LogP contribution in [0.15, 0.2) is 42.6 Å². The lowest BCUT2D eigenvalue weighted by Crippen LogP contribution is -2.30. The molecule has 1 aromatic heterocycles. The highest BCUT2D eigenvalue weighted by atomic mass is 16.5. The van der Waals surface area contributed by atoms with Crippen molar-refractivity contribution in [2.24, 2.45) is 0 Å². The molecule has 1 amide bonds. The fourth-order valence-electron chi connectivity index (χ4n) is 3.43. The molecule has 1 aromatic carbocycles. The van der Waals surface area contributed by atoms with Crippen molar-refractivity contribution >= 4 is 17.5 Å². The van der Waals surface area contributed by atoms with Crippen molar-refractivity contribution in [2.75, 3.05) is 24.6 Å². The number of ketones is 1. The SMILES string of the molecule is CCOc1ccc(C(=O)CCC(=O)NCc2ccnc(N3CCCCC3)c2)cc1. The van der Waals surface area contributed by atoms with E-state index in [1.54, 1.807) is 30.5 Å². The average Bonchev–Trinajstić information content (AvgIpc) is 2.77. The van der Waals surface area contributed by atoms with Gasteiger partial charge in [-0.3, -0.25) is 9.59 Å². The third-order valence-corrected chi connectivity index (χ3v) is 5.05. The first-order valence-corrected chi connectivity index (χ1v) is 10.4. The third kappa shape index (κ3) is 6.31. The summed E-state index contributed by atoms with van der Waals surface area (Å²) in [6.07, 6.45) is 5.84. The Labute approximate surface area is 172 Å². The van der Waals surface area contributed by atoms with Gasteiger partial charge in [0.05, 0.1) is 6.61 Å². The number of nitrogens with one attached hydrogen (secondary N) is 1. The number of hydrogen-bond donors (Lipinski definition) is 1. The van der Waals surface area contributed by atoms with Gasteiger partial charge in [0.2, 0.25) is 5.91 Å². The van der Waals surface area contributed by atoms with Gasteiger partial charge in [0.25, 0.3) is 0 Å². The Morgan fingerprint density at radius 1 is 1.07 bits per heavy atom. The summed E-state index contributed by atoms with van der Waals surface area (Å²) < 4.78 is 5.38. The Kier molecular flexibility index (Phi) is 7.61. The number of carbonyl (C=O) groups excluding carboxylic acids is 2. The summed E-state index contributed by atoms with van der Waals surface area (Å²) in [5.41, 5.74) is 1.62. The average molecular weight is 396 g/mol. The molecular formula is C23H29N3O3. The number of benzene rings is 1. The van der Waals surface area contributed by atoms with Gasteiger partial charge in [-0.1, -0.05) is 0 Å². The maximum atomic E-state index is 12.3. The van der Waals surface area contributed by atoms with Crippen LogP contribution in [-0.4, -0.2) is 36.4 Å². The molecule has 0 unspecified atom stereocenters. The molecule has 1 aliphatic heterocycles. The van der Waals surface area contributed by atoms with Crippen LogP contribution < -0.4 is 15.0 Å². The summed E-state index contributed by atoms with van der Waals surface area (Å²) in [4.78, 5) is 31.2. The lowest BCUT2D eigenvalue weighted by molar-refractivity contribution is -0.121. The molecule has 2 heterocycles. The number of aromatic nitrogens is 1. The highest BCUT2D eigenvalue weighted by Crippen LogP contribution is 2.18. The Morgan fingerprint density at radius 3 is 2.55 bits per heavy atom. The standard InChI is InChI=1S/C23H29N3O3/c1-2-29-20-8-6-19(7-9-20)21(27)10-11-23(28)25-17-18-12-13-24-22(16-18)26-14-4-3-5-15-26/h6-9,12-13,16H,2-5,10-11,14-15,17H2,1H3,(H,25,28). The quantitative estimate of drug-likeness (QED) is 0.655. The number of pyridine rings is 1. The summed E-state index contributed by atoms with van der Waals surface area (Å²) in [7, 11) is 0. The van der Waals surface area contributed by atoms with Crippen LogP contribution in [0.4, 0.5) is 5.82 Å². The van der Waals surface area contributed by atoms with Crippen molar-refractivity contribution in [3.8, 4) is 5.75 Å². The molecule has 0 radical (unpaired) electrons. The number of carbonyl (C=O) groups is 2. The number of rotatable bonds is 9. The zero-order chi connectivity index (χ0) is 20.5. The summed E-state index contributed by atoms with van der Waals surface area (Å²) in [6.45, 7) is 5.02. The lowest BCUT2D eigenvalue weighted by atomic mass is 10.1. The highest BCUT2D eigenvalue weighted by Gasteiger charge is 2.13. The Bertz CT molecular complexity index is 814. The molecule has 6 heteroatoms. The maximum absolute atomic E-state index is 12.3. The van der Waals surface area contributed by atoms with E-state index in [4.69, 9.17) is 4.74 Å². The van der Waals surface area contributed by atoms with E-state index in [1.165, 1.54) is 19.3 Å². The molecule has 1 fully saturated rings. The van der Waals surface area contributed by atoms with E-state index < -0.39 is 0 Å². The molecule has 29 heavy (non-hydrogen) atoms. The zero-order valence-corrected chi connectivity index (χ0v) is 17.0. The number of piperidine rings is 1. The van der Waals surface area contributed by atoms with Gasteiger partial charge in [0.1, 0.15) is 11.6 Å². The van der Waals surface area contributed by atoms with Gasteiger partial charge in [-0.25, -0.2) is 4.98 Å². The first-order valence-electron chi connectivity index (χ1n) is 10.4. The summed E-state index contributed by atoms with van der Waals surface area (Å²) in [5, 5.41) is 2.90. The molecule has 154 valence electrons. The van der Waals surface area contributed by atoms with Gasteiger partial charge >= 0.3 is 0 Å². The molecular weight excluding hydrogens is 366 g/mol. The van der Waals surface area contributed by atoms with Gasteiger partial charge in [0.15, 0.2) is 5.78 Å². The fourth-order valence-corrected chi connectivity index (χ4v) is 3.43. The number of anilines is 1. The minimum Gasteiger partial charge on any atom is -0.494 e. The van der Waals surface area contributed by atoms with Gasteiger partial charge in [-0.2, -0.15) is 0 Å². The second-order valence-corrected chi connectivity index (χ2v) is 7.23. The fraction of sp³-hybridized carbons (Fsp3) is 0.435. The number of hydrogen-bond acceptors (Lipinski definition) is 5. The topological polar surface area (TPSA) is 71.5 Å². The van der Waals surface area contributed by atoms with E-state index >= 15 is 0 Å². The smallest absolute Gasteiger partial charge is 0.220 e. The number of ether oxygens (including phenoxy) is 1. The summed E-state index contributed by atoms with van der Waals surface area (Å²) in [5.74, 6) is 1.55. The molecule has 1 N–H and O–H groups in total. The third-order valence-electron chi connectivity index (χ3n) is 5.05. The number of nitrogens with zero attached hydrogens (tertiary/aromatic N) is 2. The van der Waals surface area contributed by atoms with Crippen LogP contribution in [0, 0.1) is 0 Å². The van der Waals surface area contributed by atoms with E-state index in [1.807, 2.05) is 19.1 Å². The summed E-state index contributed by atoms with van der Waals surface area (Å²) >= 11 is 0. The van der Waals surface area contributed by atoms with Crippen molar-refractivity contribution < 1.29 is 14.3 Å². The maximum Gasteiger partial charge on any atom is 0.220 e. The highest BCUT2D eigenvalue weighted by molar-refractivity contribution is 5.98. The van der Waals surface area contributed by atoms with Crippen LogP contribution in [0.3, 0.4) is 0 Å².